The quantitative estimate of drug-likeness (QED) is 0.435. The van der Waals surface area contributed by atoms with Crippen molar-refractivity contribution < 1.29 is 27.6 Å². The van der Waals surface area contributed by atoms with Gasteiger partial charge in [0.1, 0.15) is 12.1 Å². The van der Waals surface area contributed by atoms with Gasteiger partial charge < -0.3 is 10.2 Å². The predicted molar refractivity (Wildman–Crippen MR) is 157 cm³/mol. The lowest BCUT2D eigenvalue weighted by Gasteiger charge is -2.31. The number of pyridine rings is 1. The number of carbonyl (C=O) groups is 4. The number of fused-ring (bicyclic) bond motifs is 2. The second-order valence-electron chi connectivity index (χ2n) is 11.3. The van der Waals surface area contributed by atoms with E-state index >= 15 is 0 Å². The fourth-order valence-corrected chi connectivity index (χ4v) is 9.09. The Kier molecular flexibility index (Phi) is 7.95. The molecule has 3 unspecified atom stereocenters. The van der Waals surface area contributed by atoms with Crippen LogP contribution >= 0.6 is 11.3 Å². The number of nitrogens with zero attached hydrogens (tertiary/aromatic N) is 3. The van der Waals surface area contributed by atoms with Gasteiger partial charge in [0.2, 0.25) is 5.91 Å². The van der Waals surface area contributed by atoms with Crippen LogP contribution in [-0.2, 0) is 19.6 Å². The first-order chi connectivity index (χ1) is 20.3. The van der Waals surface area contributed by atoms with Gasteiger partial charge in [-0.2, -0.15) is 4.31 Å². The van der Waals surface area contributed by atoms with Crippen molar-refractivity contribution in [2.24, 2.45) is 5.92 Å². The Balaban J connectivity index is 1.24. The van der Waals surface area contributed by atoms with Crippen molar-refractivity contribution in [2.75, 3.05) is 13.1 Å². The number of rotatable bonds is 7. The molecular formula is C30H32N4O6S2. The molecule has 12 heteroatoms. The normalized spacial score (nSPS) is 22.3. The largest absolute Gasteiger partial charge is 0.340 e. The topological polar surface area (TPSA) is 134 Å². The molecule has 42 heavy (non-hydrogen) atoms. The maximum Gasteiger partial charge on any atom is 0.293 e. The maximum atomic E-state index is 14.1. The fraction of sp³-hybridized carbons (Fsp3) is 0.433. The summed E-state index contributed by atoms with van der Waals surface area (Å²) < 4.78 is 28.5. The van der Waals surface area contributed by atoms with Crippen molar-refractivity contribution in [1.82, 2.24) is 19.5 Å². The molecule has 1 saturated carbocycles. The summed E-state index contributed by atoms with van der Waals surface area (Å²) in [6, 6.07) is 7.74. The van der Waals surface area contributed by atoms with E-state index in [1.165, 1.54) is 40.8 Å². The standard InChI is InChI=1S/C30H32N4O6S2/c35-25-17-34(42(39,40)30(38)20-9-6-13-31-16-20)24-12-14-33(27(24)25)29(37)23(15-19-7-2-1-3-8-19)32-28(36)22-18-41-26-11-5-4-10-21(22)26/h4-6,9-11,13,16,18-19,23-24,27H,1-3,7-8,12,14-15,17H2,(H,32,36). The van der Waals surface area contributed by atoms with Gasteiger partial charge in [0.05, 0.1) is 23.7 Å². The number of likely N-dealkylation sites (tertiary alicyclic amines) is 1. The molecule has 3 aliphatic rings. The van der Waals surface area contributed by atoms with Gasteiger partial charge in [-0.1, -0.05) is 50.3 Å². The van der Waals surface area contributed by atoms with E-state index in [0.717, 1.165) is 46.5 Å². The minimum Gasteiger partial charge on any atom is -0.340 e. The van der Waals surface area contributed by atoms with Crippen molar-refractivity contribution in [3.05, 3.63) is 65.3 Å². The third-order valence-electron chi connectivity index (χ3n) is 8.72. The highest BCUT2D eigenvalue weighted by atomic mass is 32.2. The minimum atomic E-state index is -4.51. The Morgan fingerprint density at radius 1 is 1.05 bits per heavy atom. The molecule has 0 spiro atoms. The van der Waals surface area contributed by atoms with Gasteiger partial charge in [0.25, 0.3) is 21.0 Å². The second kappa shape index (κ2) is 11.7. The fourth-order valence-electron chi connectivity index (χ4n) is 6.65. The van der Waals surface area contributed by atoms with Gasteiger partial charge in [0.15, 0.2) is 5.78 Å². The van der Waals surface area contributed by atoms with Gasteiger partial charge in [-0.05, 0) is 37.0 Å². The van der Waals surface area contributed by atoms with Crippen LogP contribution in [0.25, 0.3) is 10.1 Å². The third-order valence-corrected chi connectivity index (χ3v) is 11.4. The van der Waals surface area contributed by atoms with E-state index in [4.69, 9.17) is 0 Å². The first-order valence-corrected chi connectivity index (χ1v) is 16.6. The van der Waals surface area contributed by atoms with Gasteiger partial charge in [-0.3, -0.25) is 24.2 Å². The summed E-state index contributed by atoms with van der Waals surface area (Å²) in [6.07, 6.45) is 8.51. The minimum absolute atomic E-state index is 0.0875. The number of benzene rings is 1. The zero-order chi connectivity index (χ0) is 29.4. The number of hydrogen-bond acceptors (Lipinski definition) is 8. The van der Waals surface area contributed by atoms with E-state index in [0.29, 0.717) is 12.0 Å². The Morgan fingerprint density at radius 2 is 1.83 bits per heavy atom. The monoisotopic (exact) mass is 608 g/mol. The molecule has 4 heterocycles. The van der Waals surface area contributed by atoms with Crippen LogP contribution in [0.3, 0.4) is 0 Å². The van der Waals surface area contributed by atoms with Crippen LogP contribution in [0.15, 0.2) is 54.2 Å². The van der Waals surface area contributed by atoms with E-state index in [9.17, 15) is 27.6 Å². The van der Waals surface area contributed by atoms with Gasteiger partial charge >= 0.3 is 0 Å². The Bertz CT molecular complexity index is 1630. The van der Waals surface area contributed by atoms with Crippen LogP contribution in [0.5, 0.6) is 0 Å². The number of aromatic nitrogens is 1. The smallest absolute Gasteiger partial charge is 0.293 e. The molecule has 3 fully saturated rings. The van der Waals surface area contributed by atoms with Crippen LogP contribution in [0, 0.1) is 5.92 Å². The van der Waals surface area contributed by atoms with E-state index in [1.807, 2.05) is 24.3 Å². The zero-order valence-corrected chi connectivity index (χ0v) is 24.6. The third kappa shape index (κ3) is 5.27. The molecule has 1 N–H and O–H groups in total. The lowest BCUT2D eigenvalue weighted by Crippen LogP contribution is -2.53. The maximum absolute atomic E-state index is 14.1. The molecule has 2 saturated heterocycles. The van der Waals surface area contributed by atoms with Gasteiger partial charge in [0, 0.05) is 34.4 Å². The Labute approximate surface area is 248 Å². The Morgan fingerprint density at radius 3 is 2.60 bits per heavy atom. The highest BCUT2D eigenvalue weighted by Crippen LogP contribution is 2.35. The van der Waals surface area contributed by atoms with Crippen LogP contribution in [0.2, 0.25) is 0 Å². The van der Waals surface area contributed by atoms with E-state index in [-0.39, 0.29) is 36.3 Å². The highest BCUT2D eigenvalue weighted by molar-refractivity contribution is 8.04. The molecule has 0 radical (unpaired) electrons. The summed E-state index contributed by atoms with van der Waals surface area (Å²) in [7, 11) is -4.51. The number of hydrogen-bond donors (Lipinski definition) is 1. The van der Waals surface area contributed by atoms with Crippen LogP contribution in [0.1, 0.15) is 65.7 Å². The van der Waals surface area contributed by atoms with Crippen molar-refractivity contribution in [2.45, 2.75) is 63.1 Å². The average molecular weight is 609 g/mol. The van der Waals surface area contributed by atoms with Crippen LogP contribution < -0.4 is 5.32 Å². The molecule has 220 valence electrons. The molecule has 1 aromatic carbocycles. The van der Waals surface area contributed by atoms with E-state index in [1.54, 1.807) is 5.38 Å². The number of sulfonamides is 1. The van der Waals surface area contributed by atoms with E-state index in [2.05, 4.69) is 10.3 Å². The number of ketones is 1. The molecular weight excluding hydrogens is 576 g/mol. The summed E-state index contributed by atoms with van der Waals surface area (Å²) in [5, 5.41) is 4.46. The van der Waals surface area contributed by atoms with Crippen molar-refractivity contribution in [1.29, 1.82) is 0 Å². The molecule has 2 aromatic heterocycles. The number of amides is 2. The number of Topliss-reactive ketones (excluding diaryl/α,β-unsaturated/α-hetero) is 1. The number of nitrogens with one attached hydrogen (secondary N) is 1. The van der Waals surface area contributed by atoms with Crippen molar-refractivity contribution in [3.8, 4) is 0 Å². The van der Waals surface area contributed by atoms with E-state index < -0.39 is 45.6 Å². The summed E-state index contributed by atoms with van der Waals surface area (Å²) in [5.74, 6) is -0.896. The summed E-state index contributed by atoms with van der Waals surface area (Å²) >= 11 is 1.46. The lowest BCUT2D eigenvalue weighted by molar-refractivity contribution is -0.138. The number of thiophene rings is 1. The van der Waals surface area contributed by atoms with Gasteiger partial charge in [-0.25, -0.2) is 8.42 Å². The first kappa shape index (κ1) is 28.6. The molecule has 2 aliphatic heterocycles. The second-order valence-corrected chi connectivity index (χ2v) is 14.0. The molecule has 3 atom stereocenters. The zero-order valence-electron chi connectivity index (χ0n) is 23.0. The molecule has 1 aliphatic carbocycles. The first-order valence-electron chi connectivity index (χ1n) is 14.3. The average Bonchev–Trinajstić information content (AvgIpc) is 3.72. The van der Waals surface area contributed by atoms with Crippen molar-refractivity contribution >= 4 is 54.2 Å². The summed E-state index contributed by atoms with van der Waals surface area (Å²) in [6.45, 7) is -0.320. The molecule has 6 rings (SSSR count). The van der Waals surface area contributed by atoms with Gasteiger partial charge in [-0.15, -0.1) is 11.3 Å². The summed E-state index contributed by atoms with van der Waals surface area (Å²) in [5.41, 5.74) is 0.412. The molecule has 0 bridgehead atoms. The predicted octanol–water partition coefficient (Wildman–Crippen LogP) is 3.39. The highest BCUT2D eigenvalue weighted by Gasteiger charge is 2.55. The lowest BCUT2D eigenvalue weighted by atomic mass is 9.84. The number of carbonyl (C=O) groups excluding carboxylic acids is 4. The SMILES string of the molecule is O=C(NC(CC1CCCCC1)C(=O)N1CCC2C1C(=O)CN2S(=O)(=O)C(=O)c1cccnc1)c1csc2ccccc12. The molecule has 10 nitrogen and oxygen atoms in total. The molecule has 2 amide bonds. The van der Waals surface area contributed by atoms with Crippen molar-refractivity contribution in [3.63, 3.8) is 0 Å². The van der Waals surface area contributed by atoms with Crippen LogP contribution in [0.4, 0.5) is 0 Å². The van der Waals surface area contributed by atoms with Crippen LogP contribution in [-0.4, -0.2) is 76.5 Å². The summed E-state index contributed by atoms with van der Waals surface area (Å²) in [4.78, 5) is 59.0. The molecule has 3 aromatic rings. The Hall–Kier alpha value is -3.48.